The molecule has 7 nitrogen and oxygen atoms in total. The molecule has 0 saturated heterocycles. The summed E-state index contributed by atoms with van der Waals surface area (Å²) in [6, 6.07) is 9.59. The van der Waals surface area contributed by atoms with Gasteiger partial charge in [-0.25, -0.2) is 4.79 Å². The molecule has 4 rings (SSSR count). The van der Waals surface area contributed by atoms with E-state index in [4.69, 9.17) is 9.84 Å². The van der Waals surface area contributed by atoms with E-state index in [-0.39, 0.29) is 12.0 Å². The molecule has 0 atom stereocenters. The van der Waals surface area contributed by atoms with Gasteiger partial charge in [-0.3, -0.25) is 14.6 Å². The topological polar surface area (TPSA) is 105 Å². The molecule has 0 bridgehead atoms. The third kappa shape index (κ3) is 3.18. The predicted octanol–water partition coefficient (Wildman–Crippen LogP) is 1.54. The number of unbranched alkanes of at least 4 members (excludes halogenated alkanes) is 2. The van der Waals surface area contributed by atoms with E-state index in [1.54, 1.807) is 0 Å². The Morgan fingerprint density at radius 1 is 1.07 bits per heavy atom. The number of ether oxygens (including phenoxy) is 1. The molecular weight excluding hydrogens is 372 g/mol. The zero-order chi connectivity index (χ0) is 20.5. The third-order valence-electron chi connectivity index (χ3n) is 5.24. The van der Waals surface area contributed by atoms with Crippen molar-refractivity contribution >= 4 is 39.9 Å². The lowest BCUT2D eigenvalue weighted by Crippen LogP contribution is -2.18. The van der Waals surface area contributed by atoms with Crippen LogP contribution in [0, 0.1) is 10.4 Å². The van der Waals surface area contributed by atoms with Crippen molar-refractivity contribution in [2.24, 2.45) is 4.99 Å². The van der Waals surface area contributed by atoms with Crippen molar-refractivity contribution in [2.75, 3.05) is 19.0 Å². The maximum Gasteiger partial charge on any atom is 0.344 e. The minimum Gasteiger partial charge on any atom is -0.481 e. The molecule has 148 valence electrons. The van der Waals surface area contributed by atoms with Crippen LogP contribution in [0.2, 0.25) is 0 Å². The summed E-state index contributed by atoms with van der Waals surface area (Å²) in [5, 5.41) is 16.6. The van der Waals surface area contributed by atoms with Crippen molar-refractivity contribution < 1.29 is 24.2 Å². The van der Waals surface area contributed by atoms with Crippen molar-refractivity contribution in [3.05, 3.63) is 51.3 Å². The van der Waals surface area contributed by atoms with Crippen molar-refractivity contribution in [2.45, 2.75) is 25.7 Å². The van der Waals surface area contributed by atoms with Crippen LogP contribution < -0.4 is 15.9 Å². The minimum absolute atomic E-state index is 0.0307. The van der Waals surface area contributed by atoms with Crippen LogP contribution in [0.5, 0.6) is 0 Å². The Morgan fingerprint density at radius 2 is 1.86 bits per heavy atom. The van der Waals surface area contributed by atoms with Gasteiger partial charge in [0.15, 0.2) is 0 Å². The molecule has 2 N–H and O–H groups in total. The van der Waals surface area contributed by atoms with E-state index in [1.807, 2.05) is 30.3 Å². The van der Waals surface area contributed by atoms with Crippen LogP contribution in [0.15, 0.2) is 35.3 Å². The fourth-order valence-electron chi connectivity index (χ4n) is 3.96. The summed E-state index contributed by atoms with van der Waals surface area (Å²) >= 11 is 0. The maximum atomic E-state index is 12.3. The highest BCUT2D eigenvalue weighted by atomic mass is 16.5. The molecular formula is C22H20N2O5. The fraction of sp³-hybridized carbons (Fsp3) is 0.273. The van der Waals surface area contributed by atoms with Crippen LogP contribution in [0.25, 0.3) is 16.3 Å². The first-order valence-electron chi connectivity index (χ1n) is 9.50. The van der Waals surface area contributed by atoms with E-state index < -0.39 is 17.8 Å². The van der Waals surface area contributed by atoms with Gasteiger partial charge < -0.3 is 15.2 Å². The second kappa shape index (κ2) is 7.50. The first kappa shape index (κ1) is 18.9. The molecule has 3 aliphatic rings. The highest BCUT2D eigenvalue weighted by molar-refractivity contribution is 6.44. The molecule has 7 heteroatoms. The van der Waals surface area contributed by atoms with Gasteiger partial charge in [-0.15, -0.1) is 0 Å². The second-order valence-electron chi connectivity index (χ2n) is 7.02. The van der Waals surface area contributed by atoms with Gasteiger partial charge in [0.2, 0.25) is 0 Å². The van der Waals surface area contributed by atoms with E-state index in [9.17, 15) is 14.4 Å². The number of hydrogen-bond donors (Lipinski definition) is 2. The largest absolute Gasteiger partial charge is 0.481 e. The van der Waals surface area contributed by atoms with E-state index in [0.717, 1.165) is 39.4 Å². The van der Waals surface area contributed by atoms with E-state index in [0.29, 0.717) is 23.9 Å². The molecule has 0 unspecified atom stereocenters. The molecule has 0 fully saturated rings. The molecule has 0 radical (unpaired) electrons. The first-order valence-corrected chi connectivity index (χ1v) is 9.50. The van der Waals surface area contributed by atoms with Crippen molar-refractivity contribution in [1.82, 2.24) is 0 Å². The molecule has 0 spiro atoms. The number of methoxy groups -OCH3 is 1. The van der Waals surface area contributed by atoms with E-state index in [1.165, 1.54) is 7.11 Å². The van der Waals surface area contributed by atoms with E-state index in [2.05, 4.69) is 10.3 Å². The lowest BCUT2D eigenvalue weighted by molar-refractivity contribution is -0.137. The SMILES string of the molecule is COC(=O)C1=c2c(c3cccc4c(=NCCCCCC(=O)O)ccc2=c34)NC1=O. The summed E-state index contributed by atoms with van der Waals surface area (Å²) in [6.07, 6.45) is 2.47. The normalized spacial score (nSPS) is 13.9. The van der Waals surface area contributed by atoms with Crippen molar-refractivity contribution in [3.8, 4) is 0 Å². The quantitative estimate of drug-likeness (QED) is 0.469. The highest BCUT2D eigenvalue weighted by Crippen LogP contribution is 2.26. The number of nitrogens with one attached hydrogen (secondary N) is 1. The van der Waals surface area contributed by atoms with E-state index >= 15 is 0 Å². The zero-order valence-corrected chi connectivity index (χ0v) is 15.9. The lowest BCUT2D eigenvalue weighted by Gasteiger charge is -2.02. The molecule has 1 aromatic rings. The molecule has 1 aromatic carbocycles. The number of fused-ring (bicyclic) bond motifs is 3. The number of carboxylic acid groups (broad SMARTS) is 1. The van der Waals surface area contributed by atoms with Crippen LogP contribution in [0.1, 0.15) is 25.7 Å². The van der Waals surface area contributed by atoms with Crippen molar-refractivity contribution in [1.29, 1.82) is 0 Å². The first-order chi connectivity index (χ1) is 14.0. The summed E-state index contributed by atoms with van der Waals surface area (Å²) in [5.74, 6) is -1.87. The maximum absolute atomic E-state index is 12.3. The van der Waals surface area contributed by atoms with Crippen LogP contribution in [-0.2, 0) is 19.1 Å². The van der Waals surface area contributed by atoms with Gasteiger partial charge >= 0.3 is 11.9 Å². The minimum atomic E-state index is -0.773. The van der Waals surface area contributed by atoms with Gasteiger partial charge in [0, 0.05) is 34.2 Å². The number of aliphatic carboxylic acids is 1. The van der Waals surface area contributed by atoms with Gasteiger partial charge in [-0.1, -0.05) is 30.7 Å². The number of carbonyl (C=O) groups is 3. The third-order valence-corrected chi connectivity index (χ3v) is 5.24. The Bertz CT molecular complexity index is 1310. The van der Waals surface area contributed by atoms with Crippen molar-refractivity contribution in [3.63, 3.8) is 0 Å². The average Bonchev–Trinajstić information content (AvgIpc) is 3.20. The molecule has 29 heavy (non-hydrogen) atoms. The molecule has 0 saturated carbocycles. The zero-order valence-electron chi connectivity index (χ0n) is 15.9. The summed E-state index contributed by atoms with van der Waals surface area (Å²) in [6.45, 7) is 0.613. The van der Waals surface area contributed by atoms with Crippen LogP contribution in [0.3, 0.4) is 0 Å². The number of benzene rings is 1. The number of anilines is 1. The average molecular weight is 392 g/mol. The van der Waals surface area contributed by atoms with Gasteiger partial charge in [0.1, 0.15) is 5.57 Å². The smallest absolute Gasteiger partial charge is 0.344 e. The number of amides is 1. The highest BCUT2D eigenvalue weighted by Gasteiger charge is 2.30. The second-order valence-corrected chi connectivity index (χ2v) is 7.02. The number of carbonyl (C=O) groups excluding carboxylic acids is 2. The summed E-state index contributed by atoms with van der Waals surface area (Å²) in [5.41, 5.74) is 0.671. The monoisotopic (exact) mass is 392 g/mol. The Kier molecular flexibility index (Phi) is 4.88. The summed E-state index contributed by atoms with van der Waals surface area (Å²) < 4.78 is 4.80. The van der Waals surface area contributed by atoms with Gasteiger partial charge in [0.05, 0.1) is 18.2 Å². The standard InChI is InChI=1S/C22H20N2O5/c1-29-22(28)19-18-13-9-10-15(23-11-4-2-3-8-16(25)26)12-6-5-7-14(17(12)13)20(18)24-21(19)27/h5-7,9-10H,2-4,8,11H2,1H3,(H,24,27)(H,25,26). The summed E-state index contributed by atoms with van der Waals surface area (Å²) in [7, 11) is 1.26. The van der Waals surface area contributed by atoms with Gasteiger partial charge in [0.25, 0.3) is 5.91 Å². The number of rotatable bonds is 7. The molecule has 1 amide bonds. The molecule has 0 aromatic heterocycles. The molecule has 1 heterocycles. The lowest BCUT2D eigenvalue weighted by atomic mass is 10.1. The number of nitrogens with zero attached hydrogens (tertiary/aromatic N) is 1. The summed E-state index contributed by atoms with van der Waals surface area (Å²) in [4.78, 5) is 39.7. The van der Waals surface area contributed by atoms with Gasteiger partial charge in [-0.2, -0.15) is 0 Å². The predicted molar refractivity (Wildman–Crippen MR) is 106 cm³/mol. The Hall–Kier alpha value is -3.48. The Morgan fingerprint density at radius 3 is 2.62 bits per heavy atom. The number of esters is 1. The van der Waals surface area contributed by atoms with Crippen LogP contribution >= 0.6 is 0 Å². The number of carboxylic acids is 1. The van der Waals surface area contributed by atoms with Crippen LogP contribution in [0.4, 0.5) is 5.69 Å². The van der Waals surface area contributed by atoms with Crippen LogP contribution in [-0.4, -0.2) is 36.6 Å². The Labute approximate surface area is 165 Å². The van der Waals surface area contributed by atoms with Gasteiger partial charge in [-0.05, 0) is 24.1 Å². The molecule has 1 aliphatic heterocycles. The molecule has 2 aliphatic carbocycles. The fourth-order valence-corrected chi connectivity index (χ4v) is 3.96. The number of hydrogen-bond acceptors (Lipinski definition) is 5. The Balaban J connectivity index is 1.80.